The number of nitrogens with one attached hydrogen (secondary N) is 1. The minimum absolute atomic E-state index is 0.0338. The summed E-state index contributed by atoms with van der Waals surface area (Å²) >= 11 is 0. The van der Waals surface area contributed by atoms with Crippen molar-refractivity contribution in [1.82, 2.24) is 10.2 Å². The molecule has 1 fully saturated rings. The molecule has 0 unspecified atom stereocenters. The van der Waals surface area contributed by atoms with Crippen molar-refractivity contribution in [3.8, 4) is 0 Å². The maximum absolute atomic E-state index is 11.9. The highest BCUT2D eigenvalue weighted by Gasteiger charge is 2.33. The third-order valence-corrected chi connectivity index (χ3v) is 3.02. The molecule has 1 atom stereocenters. The maximum atomic E-state index is 11.9. The number of amides is 2. The fourth-order valence-electron chi connectivity index (χ4n) is 1.97. The van der Waals surface area contributed by atoms with Gasteiger partial charge in [-0.2, -0.15) is 0 Å². The average Bonchev–Trinajstić information content (AvgIpc) is 2.52. The third kappa shape index (κ3) is 3.95. The highest BCUT2D eigenvalue weighted by atomic mass is 16.6. The zero-order valence-corrected chi connectivity index (χ0v) is 11.6. The Morgan fingerprint density at radius 1 is 1.33 bits per heavy atom. The highest BCUT2D eigenvalue weighted by molar-refractivity contribution is 5.89. The predicted octanol–water partition coefficient (Wildman–Crippen LogP) is 0.297. The number of carbonyl (C=O) groups is 3. The van der Waals surface area contributed by atoms with Crippen LogP contribution in [0.1, 0.15) is 5.56 Å². The fraction of sp³-hybridized carbons (Fsp3) is 0.357. The standard InChI is InChI=1S/C14H16N2O5/c1-20-13(18)11-7-16(8-12(17)15-11)14(19)21-9-10-5-3-2-4-6-10/h2-6,11H,7-9H2,1H3,(H,15,17)/t11-/m0/s1. The molecule has 1 aliphatic heterocycles. The van der Waals surface area contributed by atoms with E-state index in [1.165, 1.54) is 12.0 Å². The molecule has 0 bridgehead atoms. The molecule has 1 N–H and O–H groups in total. The lowest BCUT2D eigenvalue weighted by Crippen LogP contribution is -2.58. The second kappa shape index (κ2) is 6.74. The lowest BCUT2D eigenvalue weighted by Gasteiger charge is -2.30. The number of hydrogen-bond donors (Lipinski definition) is 1. The first kappa shape index (κ1) is 14.8. The predicted molar refractivity (Wildman–Crippen MR) is 72.1 cm³/mol. The van der Waals surface area contributed by atoms with Crippen LogP contribution in [-0.2, 0) is 25.7 Å². The molecule has 1 saturated heterocycles. The van der Waals surface area contributed by atoms with Gasteiger partial charge in [-0.15, -0.1) is 0 Å². The molecule has 7 heteroatoms. The highest BCUT2D eigenvalue weighted by Crippen LogP contribution is 2.07. The second-order valence-electron chi connectivity index (χ2n) is 4.56. The quantitative estimate of drug-likeness (QED) is 0.810. The topological polar surface area (TPSA) is 84.9 Å². The molecule has 0 saturated carbocycles. The van der Waals surface area contributed by atoms with Crippen molar-refractivity contribution in [2.45, 2.75) is 12.6 Å². The molecule has 0 spiro atoms. The van der Waals surface area contributed by atoms with Crippen molar-refractivity contribution >= 4 is 18.0 Å². The first-order valence-electron chi connectivity index (χ1n) is 6.43. The third-order valence-electron chi connectivity index (χ3n) is 3.02. The fourth-order valence-corrected chi connectivity index (χ4v) is 1.97. The van der Waals surface area contributed by atoms with Gasteiger partial charge in [0.2, 0.25) is 5.91 Å². The summed E-state index contributed by atoms with van der Waals surface area (Å²) < 4.78 is 9.70. The molecule has 0 aromatic heterocycles. The summed E-state index contributed by atoms with van der Waals surface area (Å²) in [6.07, 6.45) is -0.636. The van der Waals surface area contributed by atoms with Crippen molar-refractivity contribution in [2.24, 2.45) is 0 Å². The molecule has 1 heterocycles. The van der Waals surface area contributed by atoms with E-state index in [0.29, 0.717) is 0 Å². The van der Waals surface area contributed by atoms with Crippen LogP contribution in [0, 0.1) is 0 Å². The minimum atomic E-state index is -0.861. The molecule has 1 aromatic carbocycles. The van der Waals surface area contributed by atoms with Crippen molar-refractivity contribution < 1.29 is 23.9 Å². The van der Waals surface area contributed by atoms with Crippen LogP contribution in [0.2, 0.25) is 0 Å². The number of carbonyl (C=O) groups excluding carboxylic acids is 3. The monoisotopic (exact) mass is 292 g/mol. The lowest BCUT2D eigenvalue weighted by atomic mass is 10.2. The molecule has 1 aliphatic rings. The van der Waals surface area contributed by atoms with E-state index in [-0.39, 0.29) is 19.7 Å². The van der Waals surface area contributed by atoms with E-state index in [9.17, 15) is 14.4 Å². The molecule has 21 heavy (non-hydrogen) atoms. The molecule has 0 aliphatic carbocycles. The van der Waals surface area contributed by atoms with E-state index in [0.717, 1.165) is 5.56 Å². The largest absolute Gasteiger partial charge is 0.467 e. The number of benzene rings is 1. The van der Waals surface area contributed by atoms with Gasteiger partial charge in [-0.1, -0.05) is 30.3 Å². The molecule has 1 aromatic rings. The zero-order valence-electron chi connectivity index (χ0n) is 11.6. The molecule has 2 rings (SSSR count). The Kier molecular flexibility index (Phi) is 4.76. The van der Waals surface area contributed by atoms with Gasteiger partial charge in [-0.25, -0.2) is 9.59 Å². The second-order valence-corrected chi connectivity index (χ2v) is 4.56. The Labute approximate surface area is 121 Å². The van der Waals surface area contributed by atoms with Gasteiger partial charge in [0.15, 0.2) is 0 Å². The van der Waals surface area contributed by atoms with E-state index in [1.807, 2.05) is 30.3 Å². The molecule has 0 radical (unpaired) electrons. The molecule has 7 nitrogen and oxygen atoms in total. The van der Waals surface area contributed by atoms with E-state index in [1.54, 1.807) is 0 Å². The van der Waals surface area contributed by atoms with Crippen molar-refractivity contribution in [2.75, 3.05) is 20.2 Å². The number of hydrogen-bond acceptors (Lipinski definition) is 5. The Balaban J connectivity index is 1.92. The van der Waals surface area contributed by atoms with Crippen LogP contribution in [0.15, 0.2) is 30.3 Å². The van der Waals surface area contributed by atoms with Gasteiger partial charge >= 0.3 is 12.1 Å². The van der Waals surface area contributed by atoms with Gasteiger partial charge in [0.25, 0.3) is 0 Å². The average molecular weight is 292 g/mol. The van der Waals surface area contributed by atoms with E-state index < -0.39 is 24.0 Å². The Hall–Kier alpha value is -2.57. The van der Waals surface area contributed by atoms with E-state index in [4.69, 9.17) is 4.74 Å². The smallest absolute Gasteiger partial charge is 0.410 e. The first-order valence-corrected chi connectivity index (χ1v) is 6.43. The number of nitrogens with zero attached hydrogens (tertiary/aromatic N) is 1. The summed E-state index contributed by atoms with van der Waals surface area (Å²) in [6.45, 7) is 0.00777. The summed E-state index contributed by atoms with van der Waals surface area (Å²) in [6, 6.07) is 8.33. The number of rotatable bonds is 3. The SMILES string of the molecule is COC(=O)[C@@H]1CN(C(=O)OCc2ccccc2)CC(=O)N1. The Bertz CT molecular complexity index is 531. The van der Waals surface area contributed by atoms with E-state index in [2.05, 4.69) is 10.1 Å². The van der Waals surface area contributed by atoms with Crippen LogP contribution < -0.4 is 5.32 Å². The summed E-state index contributed by atoms with van der Waals surface area (Å²) in [5.41, 5.74) is 0.844. The van der Waals surface area contributed by atoms with Gasteiger partial charge in [0.1, 0.15) is 19.2 Å². The lowest BCUT2D eigenvalue weighted by molar-refractivity contribution is -0.147. The van der Waals surface area contributed by atoms with Crippen LogP contribution >= 0.6 is 0 Å². The van der Waals surface area contributed by atoms with Crippen molar-refractivity contribution in [3.05, 3.63) is 35.9 Å². The van der Waals surface area contributed by atoms with Crippen molar-refractivity contribution in [1.29, 1.82) is 0 Å². The Morgan fingerprint density at radius 2 is 2.05 bits per heavy atom. The molecular formula is C14H16N2O5. The number of methoxy groups -OCH3 is 1. The van der Waals surface area contributed by atoms with Crippen LogP contribution in [-0.4, -0.2) is 49.1 Å². The molecule has 2 amide bonds. The summed E-state index contributed by atoms with van der Waals surface area (Å²) in [5.74, 6) is -1.02. The summed E-state index contributed by atoms with van der Waals surface area (Å²) in [5, 5.41) is 2.46. The van der Waals surface area contributed by atoms with Gasteiger partial charge in [-0.3, -0.25) is 9.69 Å². The number of ether oxygens (including phenoxy) is 2. The summed E-state index contributed by atoms with van der Waals surface area (Å²) in [4.78, 5) is 36.1. The van der Waals surface area contributed by atoms with Crippen LogP contribution in [0.4, 0.5) is 4.79 Å². The number of esters is 1. The first-order chi connectivity index (χ1) is 10.1. The normalized spacial score (nSPS) is 17.9. The minimum Gasteiger partial charge on any atom is -0.467 e. The van der Waals surface area contributed by atoms with Crippen molar-refractivity contribution in [3.63, 3.8) is 0 Å². The summed E-state index contributed by atoms with van der Waals surface area (Å²) in [7, 11) is 1.22. The molecular weight excluding hydrogens is 276 g/mol. The van der Waals surface area contributed by atoms with E-state index >= 15 is 0 Å². The Morgan fingerprint density at radius 3 is 2.71 bits per heavy atom. The number of piperazine rings is 1. The molecule has 112 valence electrons. The van der Waals surface area contributed by atoms with Gasteiger partial charge in [-0.05, 0) is 5.56 Å². The van der Waals surface area contributed by atoms with Crippen LogP contribution in [0.5, 0.6) is 0 Å². The maximum Gasteiger partial charge on any atom is 0.410 e. The van der Waals surface area contributed by atoms with Gasteiger partial charge in [0, 0.05) is 0 Å². The van der Waals surface area contributed by atoms with Crippen LogP contribution in [0.3, 0.4) is 0 Å². The zero-order chi connectivity index (χ0) is 15.2. The van der Waals surface area contributed by atoms with Crippen LogP contribution in [0.25, 0.3) is 0 Å². The van der Waals surface area contributed by atoms with Gasteiger partial charge in [0.05, 0.1) is 13.7 Å². The van der Waals surface area contributed by atoms with Gasteiger partial charge < -0.3 is 14.8 Å².